The molecule has 4 nitrogen and oxygen atoms in total. The Bertz CT molecular complexity index is 811. The van der Waals surface area contributed by atoms with Crippen LogP contribution in [0.5, 0.6) is 0 Å². The van der Waals surface area contributed by atoms with Gasteiger partial charge in [-0.2, -0.15) is 0 Å². The Morgan fingerprint density at radius 2 is 1.92 bits per heavy atom. The highest BCUT2D eigenvalue weighted by Crippen LogP contribution is 2.16. The summed E-state index contributed by atoms with van der Waals surface area (Å²) in [6, 6.07) is 15.2. The van der Waals surface area contributed by atoms with Gasteiger partial charge in [-0.25, -0.2) is 0 Å². The van der Waals surface area contributed by atoms with Gasteiger partial charge in [0, 0.05) is 11.8 Å². The smallest absolute Gasteiger partial charge is 0.254 e. The van der Waals surface area contributed by atoms with Crippen LogP contribution in [-0.4, -0.2) is 15.8 Å². The lowest BCUT2D eigenvalue weighted by molar-refractivity contribution is 0.0715. The van der Waals surface area contributed by atoms with Gasteiger partial charge in [0.25, 0.3) is 5.91 Å². The molecule has 0 saturated carbocycles. The molecule has 0 saturated heterocycles. The van der Waals surface area contributed by atoms with Gasteiger partial charge in [-0.15, -0.1) is 0 Å². The molecular weight excluding hydrogens is 300 g/mol. The van der Waals surface area contributed by atoms with Crippen LogP contribution in [0.3, 0.4) is 0 Å². The molecule has 0 aliphatic heterocycles. The van der Waals surface area contributed by atoms with Gasteiger partial charge in [0.2, 0.25) is 0 Å². The van der Waals surface area contributed by atoms with E-state index in [1.54, 1.807) is 17.4 Å². The quantitative estimate of drug-likeness (QED) is 0.710. The van der Waals surface area contributed by atoms with E-state index in [4.69, 9.17) is 4.42 Å². The highest BCUT2D eigenvalue weighted by Gasteiger charge is 2.18. The van der Waals surface area contributed by atoms with Crippen molar-refractivity contribution in [2.45, 2.75) is 26.9 Å². The fourth-order valence-electron chi connectivity index (χ4n) is 2.53. The topological polar surface area (TPSA) is 46.3 Å². The predicted octanol–water partition coefficient (Wildman–Crippen LogP) is 4.13. The number of benzene rings is 1. The summed E-state index contributed by atoms with van der Waals surface area (Å²) in [6.07, 6.45) is 3.36. The fourth-order valence-corrected chi connectivity index (χ4v) is 2.53. The summed E-state index contributed by atoms with van der Waals surface area (Å²) in [6.45, 7) is 4.91. The molecule has 0 N–H and O–H groups in total. The number of furan rings is 1. The molecule has 1 amide bonds. The van der Waals surface area contributed by atoms with Crippen LogP contribution in [0.25, 0.3) is 0 Å². The van der Waals surface area contributed by atoms with Gasteiger partial charge in [0.15, 0.2) is 0 Å². The van der Waals surface area contributed by atoms with Crippen molar-refractivity contribution in [1.82, 2.24) is 9.88 Å². The number of carbonyl (C=O) groups excluding carboxylic acids is 1. The molecule has 3 rings (SSSR count). The Labute approximate surface area is 141 Å². The largest absolute Gasteiger partial charge is 0.467 e. The second-order valence-corrected chi connectivity index (χ2v) is 5.86. The molecule has 0 unspecified atom stereocenters. The standard InChI is InChI=1S/C20H20N2O2/c1-15-8-9-17(12-16(15)2)20(23)22(14-19-7-5-11-24-19)13-18-6-3-4-10-21-18/h3-12H,13-14H2,1-2H3. The third-order valence-corrected chi connectivity index (χ3v) is 4.05. The minimum atomic E-state index is -0.0276. The van der Waals surface area contributed by atoms with Crippen molar-refractivity contribution in [3.8, 4) is 0 Å². The number of rotatable bonds is 5. The molecule has 2 aromatic heterocycles. The van der Waals surface area contributed by atoms with Crippen molar-refractivity contribution >= 4 is 5.91 Å². The average molecular weight is 320 g/mol. The van der Waals surface area contributed by atoms with E-state index in [0.29, 0.717) is 18.7 Å². The molecule has 0 radical (unpaired) electrons. The molecule has 4 heteroatoms. The zero-order valence-electron chi connectivity index (χ0n) is 13.9. The first-order valence-electron chi connectivity index (χ1n) is 7.92. The lowest BCUT2D eigenvalue weighted by atomic mass is 10.1. The lowest BCUT2D eigenvalue weighted by Gasteiger charge is -2.22. The van der Waals surface area contributed by atoms with Crippen LogP contribution >= 0.6 is 0 Å². The predicted molar refractivity (Wildman–Crippen MR) is 92.4 cm³/mol. The molecule has 0 atom stereocenters. The number of nitrogens with zero attached hydrogens (tertiary/aromatic N) is 2. The van der Waals surface area contributed by atoms with Gasteiger partial charge in [-0.1, -0.05) is 12.1 Å². The van der Waals surface area contributed by atoms with Gasteiger partial charge < -0.3 is 9.32 Å². The summed E-state index contributed by atoms with van der Waals surface area (Å²) >= 11 is 0. The van der Waals surface area contributed by atoms with Crippen LogP contribution in [-0.2, 0) is 13.1 Å². The Kier molecular flexibility index (Phi) is 4.75. The van der Waals surface area contributed by atoms with E-state index in [-0.39, 0.29) is 5.91 Å². The summed E-state index contributed by atoms with van der Waals surface area (Å²) in [5.41, 5.74) is 3.81. The van der Waals surface area contributed by atoms with Crippen molar-refractivity contribution in [2.75, 3.05) is 0 Å². The highest BCUT2D eigenvalue weighted by molar-refractivity contribution is 5.94. The Hall–Kier alpha value is -2.88. The molecule has 122 valence electrons. The molecule has 24 heavy (non-hydrogen) atoms. The Balaban J connectivity index is 1.87. The summed E-state index contributed by atoms with van der Waals surface area (Å²) < 4.78 is 5.42. The second-order valence-electron chi connectivity index (χ2n) is 5.86. The van der Waals surface area contributed by atoms with Gasteiger partial charge >= 0.3 is 0 Å². The first-order chi connectivity index (χ1) is 11.6. The van der Waals surface area contributed by atoms with Gasteiger partial charge in [0.05, 0.1) is 25.0 Å². The molecule has 0 fully saturated rings. The number of hydrogen-bond donors (Lipinski definition) is 0. The van der Waals surface area contributed by atoms with E-state index in [1.165, 1.54) is 5.56 Å². The molecule has 0 aliphatic carbocycles. The third-order valence-electron chi connectivity index (χ3n) is 4.05. The number of amides is 1. The average Bonchev–Trinajstić information content (AvgIpc) is 3.10. The first kappa shape index (κ1) is 16.0. The second kappa shape index (κ2) is 7.13. The third kappa shape index (κ3) is 3.71. The SMILES string of the molecule is Cc1ccc(C(=O)N(Cc2ccccn2)Cc2ccco2)cc1C. The summed E-state index contributed by atoms with van der Waals surface area (Å²) in [5, 5.41) is 0. The van der Waals surface area contributed by atoms with Crippen LogP contribution in [0.15, 0.2) is 65.4 Å². The molecule has 2 heterocycles. The number of hydrogen-bond acceptors (Lipinski definition) is 3. The van der Waals surface area contributed by atoms with Gasteiger partial charge in [-0.05, 0) is 61.4 Å². The van der Waals surface area contributed by atoms with Crippen LogP contribution < -0.4 is 0 Å². The Morgan fingerprint density at radius 1 is 1.04 bits per heavy atom. The normalized spacial score (nSPS) is 10.6. The molecule has 0 bridgehead atoms. The number of carbonyl (C=O) groups is 1. The van der Waals surface area contributed by atoms with Crippen LogP contribution in [0.2, 0.25) is 0 Å². The van der Waals surface area contributed by atoms with Crippen molar-refractivity contribution in [1.29, 1.82) is 0 Å². The van der Waals surface area contributed by atoms with E-state index in [9.17, 15) is 4.79 Å². The van der Waals surface area contributed by atoms with Crippen molar-refractivity contribution in [2.24, 2.45) is 0 Å². The van der Waals surface area contributed by atoms with Crippen molar-refractivity contribution in [3.05, 3.63) is 89.1 Å². The fraction of sp³-hybridized carbons (Fsp3) is 0.200. The van der Waals surface area contributed by atoms with E-state index >= 15 is 0 Å². The monoisotopic (exact) mass is 320 g/mol. The molecule has 0 aliphatic rings. The number of aromatic nitrogens is 1. The first-order valence-corrected chi connectivity index (χ1v) is 7.92. The Morgan fingerprint density at radius 3 is 2.58 bits per heavy atom. The maximum atomic E-state index is 13.0. The van der Waals surface area contributed by atoms with Crippen LogP contribution in [0.4, 0.5) is 0 Å². The van der Waals surface area contributed by atoms with Gasteiger partial charge in [-0.3, -0.25) is 9.78 Å². The molecular formula is C20H20N2O2. The van der Waals surface area contributed by atoms with Crippen LogP contribution in [0, 0.1) is 13.8 Å². The maximum absolute atomic E-state index is 13.0. The zero-order chi connectivity index (χ0) is 16.9. The summed E-state index contributed by atoms with van der Waals surface area (Å²) in [7, 11) is 0. The minimum Gasteiger partial charge on any atom is -0.467 e. The lowest BCUT2D eigenvalue weighted by Crippen LogP contribution is -2.30. The van der Waals surface area contributed by atoms with E-state index < -0.39 is 0 Å². The molecule has 1 aromatic carbocycles. The van der Waals surface area contributed by atoms with Crippen molar-refractivity contribution < 1.29 is 9.21 Å². The van der Waals surface area contributed by atoms with E-state index in [0.717, 1.165) is 17.0 Å². The van der Waals surface area contributed by atoms with E-state index in [1.807, 2.05) is 62.4 Å². The van der Waals surface area contributed by atoms with Gasteiger partial charge in [0.1, 0.15) is 5.76 Å². The molecule has 0 spiro atoms. The zero-order valence-corrected chi connectivity index (χ0v) is 13.9. The summed E-state index contributed by atoms with van der Waals surface area (Å²) in [4.78, 5) is 19.1. The van der Waals surface area contributed by atoms with Crippen molar-refractivity contribution in [3.63, 3.8) is 0 Å². The highest BCUT2D eigenvalue weighted by atomic mass is 16.3. The molecule has 3 aromatic rings. The summed E-state index contributed by atoms with van der Waals surface area (Å²) in [5.74, 6) is 0.725. The number of aryl methyl sites for hydroxylation is 2. The maximum Gasteiger partial charge on any atom is 0.254 e. The van der Waals surface area contributed by atoms with E-state index in [2.05, 4.69) is 4.98 Å². The minimum absolute atomic E-state index is 0.0276. The number of pyridine rings is 1. The van der Waals surface area contributed by atoms with Crippen LogP contribution in [0.1, 0.15) is 32.9 Å².